The molecule has 0 atom stereocenters. The van der Waals surface area contributed by atoms with Crippen LogP contribution in [0.5, 0.6) is 11.6 Å². The number of nitrogens with one attached hydrogen (secondary N) is 1. The number of ether oxygens (including phenoxy) is 2. The first-order valence-corrected chi connectivity index (χ1v) is 13.4. The summed E-state index contributed by atoms with van der Waals surface area (Å²) >= 11 is 0. The van der Waals surface area contributed by atoms with Crippen molar-refractivity contribution in [3.05, 3.63) is 109 Å². The number of anilines is 2. The summed E-state index contributed by atoms with van der Waals surface area (Å²) in [4.78, 5) is 9.74. The summed E-state index contributed by atoms with van der Waals surface area (Å²) in [5.74, 6) is 2.84. The Morgan fingerprint density at radius 1 is 0.825 bits per heavy atom. The predicted octanol–water partition coefficient (Wildman–Crippen LogP) is 7.20. The maximum atomic E-state index is 6.14. The Bertz CT molecular complexity index is 1800. The van der Waals surface area contributed by atoms with E-state index in [1.165, 1.54) is 5.56 Å². The van der Waals surface area contributed by atoms with Gasteiger partial charge < -0.3 is 14.8 Å². The maximum Gasteiger partial charge on any atom is 0.228 e. The third-order valence-corrected chi connectivity index (χ3v) is 7.13. The lowest BCUT2D eigenvalue weighted by molar-refractivity contribution is 0.288. The molecule has 1 aliphatic heterocycles. The number of aryl methyl sites for hydroxylation is 1. The second kappa shape index (κ2) is 10.2. The van der Waals surface area contributed by atoms with Gasteiger partial charge in [-0.05, 0) is 53.8 Å². The fourth-order valence-electron chi connectivity index (χ4n) is 5.30. The topological polar surface area (TPSA) is 73.6 Å². The van der Waals surface area contributed by atoms with Gasteiger partial charge in [-0.15, -0.1) is 0 Å². The Balaban J connectivity index is 1.55. The lowest BCUT2D eigenvalue weighted by Crippen LogP contribution is -2.09. The van der Waals surface area contributed by atoms with Crippen LogP contribution >= 0.6 is 0 Å². The number of rotatable bonds is 6. The zero-order chi connectivity index (χ0) is 26.9. The van der Waals surface area contributed by atoms with Gasteiger partial charge in [-0.2, -0.15) is 9.61 Å². The van der Waals surface area contributed by atoms with Crippen LogP contribution in [0.4, 0.5) is 11.6 Å². The molecule has 7 rings (SSSR count). The molecule has 3 aromatic heterocycles. The normalized spacial score (nSPS) is 12.5. The third kappa shape index (κ3) is 4.22. The van der Waals surface area contributed by atoms with Crippen molar-refractivity contribution in [1.82, 2.24) is 19.6 Å². The number of pyridine rings is 1. The zero-order valence-corrected chi connectivity index (χ0v) is 22.0. The molecule has 40 heavy (non-hydrogen) atoms. The summed E-state index contributed by atoms with van der Waals surface area (Å²) in [5, 5.41) is 8.58. The van der Waals surface area contributed by atoms with Gasteiger partial charge in [0.05, 0.1) is 24.8 Å². The molecule has 4 heterocycles. The fraction of sp³-hybridized carbons (Fsp3) is 0.121. The van der Waals surface area contributed by atoms with Crippen molar-refractivity contribution < 1.29 is 9.47 Å². The quantitative estimate of drug-likeness (QED) is 0.248. The van der Waals surface area contributed by atoms with Gasteiger partial charge in [0.1, 0.15) is 23.1 Å². The molecule has 3 aromatic carbocycles. The van der Waals surface area contributed by atoms with Crippen molar-refractivity contribution in [3.8, 4) is 45.1 Å². The van der Waals surface area contributed by atoms with Crippen molar-refractivity contribution >= 4 is 17.3 Å². The lowest BCUT2D eigenvalue weighted by atomic mass is 9.99. The van der Waals surface area contributed by atoms with Crippen LogP contribution in [0.1, 0.15) is 12.0 Å². The first kappa shape index (κ1) is 23.9. The van der Waals surface area contributed by atoms with E-state index in [1.807, 2.05) is 65.2 Å². The van der Waals surface area contributed by atoms with Crippen molar-refractivity contribution in [2.75, 3.05) is 19.0 Å². The van der Waals surface area contributed by atoms with Gasteiger partial charge in [0, 0.05) is 11.8 Å². The average Bonchev–Trinajstić information content (AvgIpc) is 3.41. The standard InChI is InChI=1S/C33H27N5O2/c1-39-33-29(25-17-18-26-24(21-25)15-10-20-40-26)31(35-27-16-8-9-19-34-27)36-32-28(22-11-4-2-5-12-22)30(37-38(32)33)23-13-6-3-7-14-23/h2-9,11-14,16-19,21H,10,15,20H2,1H3,(H,34,35,36). The van der Waals surface area contributed by atoms with Gasteiger partial charge in [-0.25, -0.2) is 9.97 Å². The summed E-state index contributed by atoms with van der Waals surface area (Å²) < 4.78 is 13.9. The Morgan fingerprint density at radius 2 is 1.60 bits per heavy atom. The highest BCUT2D eigenvalue weighted by Gasteiger charge is 2.26. The molecule has 0 amide bonds. The zero-order valence-electron chi connectivity index (χ0n) is 22.0. The van der Waals surface area contributed by atoms with Crippen molar-refractivity contribution in [3.63, 3.8) is 0 Å². The Morgan fingerprint density at radius 3 is 2.35 bits per heavy atom. The average molecular weight is 526 g/mol. The molecule has 0 unspecified atom stereocenters. The number of hydrogen-bond donors (Lipinski definition) is 1. The molecule has 0 saturated heterocycles. The van der Waals surface area contributed by atoms with Crippen LogP contribution in [0.15, 0.2) is 103 Å². The van der Waals surface area contributed by atoms with Crippen LogP contribution in [0.25, 0.3) is 39.2 Å². The maximum absolute atomic E-state index is 6.14. The van der Waals surface area contributed by atoms with Crippen molar-refractivity contribution in [2.45, 2.75) is 12.8 Å². The van der Waals surface area contributed by atoms with Crippen LogP contribution in [0.3, 0.4) is 0 Å². The SMILES string of the molecule is COc1c(-c2ccc3c(c2)CCCO3)c(Nc2ccccn2)nc2c(-c3ccccc3)c(-c3ccccc3)nn12. The van der Waals surface area contributed by atoms with Crippen LogP contribution in [0, 0.1) is 0 Å². The van der Waals surface area contributed by atoms with E-state index in [2.05, 4.69) is 46.7 Å². The first-order chi connectivity index (χ1) is 19.8. The van der Waals surface area contributed by atoms with Crippen LogP contribution < -0.4 is 14.8 Å². The monoisotopic (exact) mass is 525 g/mol. The summed E-state index contributed by atoms with van der Waals surface area (Å²) in [6.07, 6.45) is 3.71. The van der Waals surface area contributed by atoms with Gasteiger partial charge in [-0.3, -0.25) is 0 Å². The molecular weight excluding hydrogens is 498 g/mol. The number of benzene rings is 3. The van der Waals surface area contributed by atoms with Gasteiger partial charge in [0.15, 0.2) is 5.65 Å². The number of fused-ring (bicyclic) bond motifs is 2. The Labute approximate surface area is 232 Å². The number of nitrogens with zero attached hydrogens (tertiary/aromatic N) is 4. The van der Waals surface area contributed by atoms with Gasteiger partial charge >= 0.3 is 0 Å². The van der Waals surface area contributed by atoms with E-state index in [1.54, 1.807) is 13.3 Å². The molecule has 0 saturated carbocycles. The molecule has 0 bridgehead atoms. The molecule has 1 N–H and O–H groups in total. The Kier molecular flexibility index (Phi) is 6.09. The molecule has 196 valence electrons. The van der Waals surface area contributed by atoms with E-state index in [4.69, 9.17) is 19.6 Å². The smallest absolute Gasteiger partial charge is 0.228 e. The number of hydrogen-bond acceptors (Lipinski definition) is 6. The van der Waals surface area contributed by atoms with Crippen LogP contribution in [-0.4, -0.2) is 33.3 Å². The molecule has 7 nitrogen and oxygen atoms in total. The van der Waals surface area contributed by atoms with Gasteiger partial charge in [0.25, 0.3) is 0 Å². The largest absolute Gasteiger partial charge is 0.493 e. The second-order valence-electron chi connectivity index (χ2n) is 9.65. The first-order valence-electron chi connectivity index (χ1n) is 13.4. The van der Waals surface area contributed by atoms with Crippen LogP contribution in [-0.2, 0) is 6.42 Å². The summed E-state index contributed by atoms with van der Waals surface area (Å²) in [6.45, 7) is 0.744. The minimum Gasteiger partial charge on any atom is -0.493 e. The van der Waals surface area contributed by atoms with E-state index in [0.717, 1.165) is 58.7 Å². The highest BCUT2D eigenvalue weighted by molar-refractivity contribution is 5.94. The molecule has 0 radical (unpaired) electrons. The van der Waals surface area contributed by atoms with E-state index in [9.17, 15) is 0 Å². The van der Waals surface area contributed by atoms with E-state index < -0.39 is 0 Å². The Hall–Kier alpha value is -5.17. The third-order valence-electron chi connectivity index (χ3n) is 7.13. The molecule has 0 spiro atoms. The fourth-order valence-corrected chi connectivity index (χ4v) is 5.30. The van der Waals surface area contributed by atoms with Crippen LogP contribution in [0.2, 0.25) is 0 Å². The minimum absolute atomic E-state index is 0.583. The summed E-state index contributed by atoms with van der Waals surface area (Å²) in [6, 6.07) is 32.4. The molecule has 1 aliphatic rings. The van der Waals surface area contributed by atoms with Crippen molar-refractivity contribution in [2.24, 2.45) is 0 Å². The lowest BCUT2D eigenvalue weighted by Gasteiger charge is -2.20. The summed E-state index contributed by atoms with van der Waals surface area (Å²) in [7, 11) is 1.68. The number of aromatic nitrogens is 4. The van der Waals surface area contributed by atoms with Gasteiger partial charge in [0.2, 0.25) is 5.88 Å². The number of methoxy groups -OCH3 is 1. The van der Waals surface area contributed by atoms with E-state index >= 15 is 0 Å². The molecule has 7 heteroatoms. The second-order valence-corrected chi connectivity index (χ2v) is 9.65. The van der Waals surface area contributed by atoms with Gasteiger partial charge in [-0.1, -0.05) is 72.8 Å². The summed E-state index contributed by atoms with van der Waals surface area (Å²) in [5.41, 5.74) is 7.41. The predicted molar refractivity (Wildman–Crippen MR) is 157 cm³/mol. The minimum atomic E-state index is 0.583. The highest BCUT2D eigenvalue weighted by atomic mass is 16.5. The molecular formula is C33H27N5O2. The van der Waals surface area contributed by atoms with E-state index in [0.29, 0.717) is 23.2 Å². The molecule has 0 aliphatic carbocycles. The molecule has 6 aromatic rings. The van der Waals surface area contributed by atoms with Crippen molar-refractivity contribution in [1.29, 1.82) is 0 Å². The highest BCUT2D eigenvalue weighted by Crippen LogP contribution is 2.43. The molecule has 0 fully saturated rings. The van der Waals surface area contributed by atoms with E-state index in [-0.39, 0.29) is 0 Å².